The molecular weight excluding hydrogens is 220 g/mol. The van der Waals surface area contributed by atoms with Crippen LogP contribution in [0.2, 0.25) is 0 Å². The zero-order chi connectivity index (χ0) is 12.7. The van der Waals surface area contributed by atoms with Crippen molar-refractivity contribution < 1.29 is 14.3 Å². The molecule has 1 unspecified atom stereocenters. The van der Waals surface area contributed by atoms with Gasteiger partial charge >= 0.3 is 5.97 Å². The standard InChI is InChI=1S/C12H22N2O3/c1-3-8-14(9-11(15)17-2)12(16)10-6-4-5-7-13-10/h10,13H,3-9H2,1-2H3. The number of hydrogen-bond donors (Lipinski definition) is 1. The van der Waals surface area contributed by atoms with Gasteiger partial charge in [0.05, 0.1) is 13.2 Å². The van der Waals surface area contributed by atoms with Gasteiger partial charge in [-0.15, -0.1) is 0 Å². The molecule has 1 heterocycles. The molecule has 1 atom stereocenters. The summed E-state index contributed by atoms with van der Waals surface area (Å²) in [6, 6.07) is -0.125. The lowest BCUT2D eigenvalue weighted by Gasteiger charge is -2.29. The smallest absolute Gasteiger partial charge is 0.325 e. The lowest BCUT2D eigenvalue weighted by molar-refractivity contribution is -0.148. The highest BCUT2D eigenvalue weighted by Gasteiger charge is 2.26. The van der Waals surface area contributed by atoms with E-state index in [9.17, 15) is 9.59 Å². The van der Waals surface area contributed by atoms with E-state index in [0.717, 1.165) is 32.2 Å². The van der Waals surface area contributed by atoms with Gasteiger partial charge in [-0.2, -0.15) is 0 Å². The molecule has 1 fully saturated rings. The third-order valence-corrected chi connectivity index (χ3v) is 2.96. The number of hydrogen-bond acceptors (Lipinski definition) is 4. The SMILES string of the molecule is CCCN(CC(=O)OC)C(=O)C1CCCCN1. The van der Waals surface area contributed by atoms with Crippen molar-refractivity contribution in [2.24, 2.45) is 0 Å². The van der Waals surface area contributed by atoms with Crippen LogP contribution in [0, 0.1) is 0 Å². The van der Waals surface area contributed by atoms with E-state index in [2.05, 4.69) is 10.1 Å². The Labute approximate surface area is 102 Å². The fourth-order valence-electron chi connectivity index (χ4n) is 2.04. The van der Waals surface area contributed by atoms with Gasteiger partial charge in [0.1, 0.15) is 6.54 Å². The summed E-state index contributed by atoms with van der Waals surface area (Å²) in [5, 5.41) is 3.21. The van der Waals surface area contributed by atoms with Crippen molar-refractivity contribution in [2.45, 2.75) is 38.6 Å². The van der Waals surface area contributed by atoms with Crippen molar-refractivity contribution in [1.82, 2.24) is 10.2 Å². The van der Waals surface area contributed by atoms with Crippen LogP contribution in [0.15, 0.2) is 0 Å². The van der Waals surface area contributed by atoms with Crippen molar-refractivity contribution in [3.63, 3.8) is 0 Å². The Kier molecular flexibility index (Phi) is 5.97. The summed E-state index contributed by atoms with van der Waals surface area (Å²) in [5.74, 6) is -0.334. The summed E-state index contributed by atoms with van der Waals surface area (Å²) < 4.78 is 4.61. The van der Waals surface area contributed by atoms with Gasteiger partial charge in [-0.25, -0.2) is 0 Å². The number of rotatable bonds is 5. The van der Waals surface area contributed by atoms with E-state index >= 15 is 0 Å². The van der Waals surface area contributed by atoms with Crippen LogP contribution in [0.4, 0.5) is 0 Å². The van der Waals surface area contributed by atoms with E-state index in [1.54, 1.807) is 4.90 Å². The molecule has 5 nitrogen and oxygen atoms in total. The molecule has 1 aliphatic rings. The fraction of sp³-hybridized carbons (Fsp3) is 0.833. The number of piperidine rings is 1. The van der Waals surface area contributed by atoms with Crippen LogP contribution in [0.5, 0.6) is 0 Å². The van der Waals surface area contributed by atoms with Gasteiger partial charge in [-0.3, -0.25) is 9.59 Å². The molecule has 17 heavy (non-hydrogen) atoms. The Bertz CT molecular complexity index is 262. The summed E-state index contributed by atoms with van der Waals surface area (Å²) in [4.78, 5) is 25.0. The Balaban J connectivity index is 2.55. The second-order valence-corrected chi connectivity index (χ2v) is 4.34. The first kappa shape index (κ1) is 14.0. The molecule has 1 aliphatic heterocycles. The Morgan fingerprint density at radius 1 is 1.41 bits per heavy atom. The van der Waals surface area contributed by atoms with Crippen molar-refractivity contribution in [1.29, 1.82) is 0 Å². The van der Waals surface area contributed by atoms with Gasteiger partial charge in [0, 0.05) is 6.54 Å². The fourth-order valence-corrected chi connectivity index (χ4v) is 2.04. The zero-order valence-electron chi connectivity index (χ0n) is 10.7. The van der Waals surface area contributed by atoms with Crippen molar-refractivity contribution in [3.8, 4) is 0 Å². The summed E-state index contributed by atoms with van der Waals surface area (Å²) in [5.41, 5.74) is 0. The third kappa shape index (κ3) is 4.34. The molecule has 5 heteroatoms. The zero-order valence-corrected chi connectivity index (χ0v) is 10.7. The molecule has 0 aliphatic carbocycles. The van der Waals surface area contributed by atoms with Crippen LogP contribution in [0.3, 0.4) is 0 Å². The second-order valence-electron chi connectivity index (χ2n) is 4.34. The number of carbonyl (C=O) groups excluding carboxylic acids is 2. The van der Waals surface area contributed by atoms with Crippen LogP contribution < -0.4 is 5.32 Å². The van der Waals surface area contributed by atoms with Gasteiger partial charge < -0.3 is 15.0 Å². The van der Waals surface area contributed by atoms with E-state index in [1.807, 2.05) is 6.92 Å². The van der Waals surface area contributed by atoms with E-state index in [0.29, 0.717) is 6.54 Å². The minimum atomic E-state index is -0.359. The van der Waals surface area contributed by atoms with Gasteiger partial charge in [0.25, 0.3) is 0 Å². The average molecular weight is 242 g/mol. The average Bonchev–Trinajstić information content (AvgIpc) is 2.38. The summed E-state index contributed by atoms with van der Waals surface area (Å²) >= 11 is 0. The minimum Gasteiger partial charge on any atom is -0.468 e. The van der Waals surface area contributed by atoms with Crippen LogP contribution in [-0.4, -0.2) is 49.6 Å². The van der Waals surface area contributed by atoms with Crippen molar-refractivity contribution >= 4 is 11.9 Å². The normalized spacial score (nSPS) is 19.8. The summed E-state index contributed by atoms with van der Waals surface area (Å²) in [7, 11) is 1.34. The Hall–Kier alpha value is -1.10. The highest BCUT2D eigenvalue weighted by molar-refractivity contribution is 5.85. The van der Waals surface area contributed by atoms with E-state index in [4.69, 9.17) is 0 Å². The lowest BCUT2D eigenvalue weighted by Crippen LogP contribution is -2.50. The van der Waals surface area contributed by atoms with Crippen LogP contribution in [-0.2, 0) is 14.3 Å². The molecule has 0 saturated carbocycles. The maximum atomic E-state index is 12.2. The monoisotopic (exact) mass is 242 g/mol. The molecule has 1 N–H and O–H groups in total. The predicted octanol–water partition coefficient (Wildman–Crippen LogP) is 0.540. The van der Waals surface area contributed by atoms with Crippen molar-refractivity contribution in [2.75, 3.05) is 26.7 Å². The van der Waals surface area contributed by atoms with Crippen molar-refractivity contribution in [3.05, 3.63) is 0 Å². The second kappa shape index (κ2) is 7.27. The molecule has 1 amide bonds. The number of methoxy groups -OCH3 is 1. The van der Waals surface area contributed by atoms with Crippen LogP contribution in [0.1, 0.15) is 32.6 Å². The predicted molar refractivity (Wildman–Crippen MR) is 64.5 cm³/mol. The highest BCUT2D eigenvalue weighted by atomic mass is 16.5. The molecule has 0 aromatic heterocycles. The molecule has 0 radical (unpaired) electrons. The first-order valence-electron chi connectivity index (χ1n) is 6.28. The highest BCUT2D eigenvalue weighted by Crippen LogP contribution is 2.10. The van der Waals surface area contributed by atoms with Gasteiger partial charge in [-0.05, 0) is 25.8 Å². The quantitative estimate of drug-likeness (QED) is 0.715. The Morgan fingerprint density at radius 2 is 2.18 bits per heavy atom. The van der Waals surface area contributed by atoms with Gasteiger partial charge in [0.15, 0.2) is 0 Å². The summed E-state index contributed by atoms with van der Waals surface area (Å²) in [6.45, 7) is 3.54. The third-order valence-electron chi connectivity index (χ3n) is 2.96. The maximum absolute atomic E-state index is 12.2. The summed E-state index contributed by atoms with van der Waals surface area (Å²) in [6.07, 6.45) is 3.89. The Morgan fingerprint density at radius 3 is 2.71 bits per heavy atom. The number of nitrogens with zero attached hydrogens (tertiary/aromatic N) is 1. The lowest BCUT2D eigenvalue weighted by atomic mass is 10.0. The number of amides is 1. The van der Waals surface area contributed by atoms with E-state index < -0.39 is 0 Å². The van der Waals surface area contributed by atoms with Crippen LogP contribution >= 0.6 is 0 Å². The maximum Gasteiger partial charge on any atom is 0.325 e. The first-order valence-corrected chi connectivity index (χ1v) is 6.28. The molecule has 0 spiro atoms. The number of ether oxygens (including phenoxy) is 1. The van der Waals surface area contributed by atoms with Gasteiger partial charge in [0.2, 0.25) is 5.91 Å². The molecular formula is C12H22N2O3. The molecule has 0 bridgehead atoms. The molecule has 1 saturated heterocycles. The molecule has 0 aromatic rings. The molecule has 98 valence electrons. The first-order chi connectivity index (χ1) is 8.19. The molecule has 0 aromatic carbocycles. The number of carbonyl (C=O) groups is 2. The number of nitrogens with one attached hydrogen (secondary N) is 1. The topological polar surface area (TPSA) is 58.6 Å². The number of esters is 1. The minimum absolute atomic E-state index is 0.0250. The van der Waals surface area contributed by atoms with E-state index in [1.165, 1.54) is 7.11 Å². The van der Waals surface area contributed by atoms with E-state index in [-0.39, 0.29) is 24.5 Å². The van der Waals surface area contributed by atoms with Crippen LogP contribution in [0.25, 0.3) is 0 Å². The van der Waals surface area contributed by atoms with Gasteiger partial charge in [-0.1, -0.05) is 13.3 Å². The molecule has 1 rings (SSSR count). The largest absolute Gasteiger partial charge is 0.468 e.